The van der Waals surface area contributed by atoms with Crippen LogP contribution in [0.4, 0.5) is 0 Å². The number of hydrogen-bond acceptors (Lipinski definition) is 2. The fourth-order valence-corrected chi connectivity index (χ4v) is 3.12. The van der Waals surface area contributed by atoms with E-state index in [-0.39, 0.29) is 11.7 Å². The van der Waals surface area contributed by atoms with E-state index in [0.717, 1.165) is 29.3 Å². The first-order valence-corrected chi connectivity index (χ1v) is 8.14. The molecular formula is C16H22INO2. The maximum Gasteiger partial charge on any atom is 0.253 e. The zero-order valence-electron chi connectivity index (χ0n) is 12.3. The summed E-state index contributed by atoms with van der Waals surface area (Å²) in [5, 5.41) is 9.73. The second kappa shape index (κ2) is 5.92. The first-order valence-electron chi connectivity index (χ1n) is 7.06. The number of hydrogen-bond donors (Lipinski definition) is 1. The fourth-order valence-electron chi connectivity index (χ4n) is 2.79. The number of halogens is 1. The van der Waals surface area contributed by atoms with Crippen molar-refractivity contribution >= 4 is 28.5 Å². The number of nitrogens with zero attached hydrogens (tertiary/aromatic N) is 1. The zero-order chi connectivity index (χ0) is 14.9. The van der Waals surface area contributed by atoms with Gasteiger partial charge in [-0.3, -0.25) is 4.79 Å². The molecule has 2 rings (SSSR count). The molecule has 0 radical (unpaired) electrons. The molecule has 0 aromatic heterocycles. The van der Waals surface area contributed by atoms with E-state index in [4.69, 9.17) is 0 Å². The van der Waals surface area contributed by atoms with Gasteiger partial charge in [0, 0.05) is 18.7 Å². The van der Waals surface area contributed by atoms with Crippen LogP contribution in [0.25, 0.3) is 0 Å². The summed E-state index contributed by atoms with van der Waals surface area (Å²) in [7, 11) is 1.88. The minimum atomic E-state index is 0.00130. The van der Waals surface area contributed by atoms with Gasteiger partial charge in [0.1, 0.15) is 5.75 Å². The quantitative estimate of drug-likeness (QED) is 0.779. The highest BCUT2D eigenvalue weighted by molar-refractivity contribution is 14.1. The third-order valence-corrected chi connectivity index (χ3v) is 5.28. The highest BCUT2D eigenvalue weighted by atomic mass is 127. The second-order valence-electron chi connectivity index (χ2n) is 6.48. The summed E-state index contributed by atoms with van der Waals surface area (Å²) in [4.78, 5) is 14.3. The Hall–Kier alpha value is -0.780. The zero-order valence-corrected chi connectivity index (χ0v) is 14.5. The van der Waals surface area contributed by atoms with Crippen molar-refractivity contribution in [3.05, 3.63) is 27.3 Å². The van der Waals surface area contributed by atoms with E-state index >= 15 is 0 Å². The third-order valence-electron chi connectivity index (χ3n) is 4.37. The van der Waals surface area contributed by atoms with E-state index < -0.39 is 0 Å². The van der Waals surface area contributed by atoms with Crippen molar-refractivity contribution in [2.45, 2.75) is 45.6 Å². The fraction of sp³-hybridized carbons (Fsp3) is 0.562. The van der Waals surface area contributed by atoms with Crippen LogP contribution < -0.4 is 0 Å². The molecule has 3 nitrogen and oxygen atoms in total. The van der Waals surface area contributed by atoms with Crippen LogP contribution in [-0.4, -0.2) is 29.0 Å². The summed E-state index contributed by atoms with van der Waals surface area (Å²) >= 11 is 2.05. The standard InChI is InChI=1S/C16H22INO2/c1-16(2)8-6-12(7-9-16)18(3)15(20)11-4-5-13(17)14(19)10-11/h4-5,10,12,19H,6-9H2,1-3H3. The number of aromatic hydroxyl groups is 1. The number of phenolic OH excluding ortho intramolecular Hbond substituents is 1. The summed E-state index contributed by atoms with van der Waals surface area (Å²) in [6, 6.07) is 5.44. The minimum absolute atomic E-state index is 0.00130. The van der Waals surface area contributed by atoms with Crippen molar-refractivity contribution in [3.63, 3.8) is 0 Å². The van der Waals surface area contributed by atoms with Crippen molar-refractivity contribution in [2.75, 3.05) is 7.05 Å². The molecule has 0 unspecified atom stereocenters. The number of carbonyl (C=O) groups excluding carboxylic acids is 1. The van der Waals surface area contributed by atoms with Crippen molar-refractivity contribution in [2.24, 2.45) is 5.41 Å². The molecule has 110 valence electrons. The average Bonchev–Trinajstić information content (AvgIpc) is 2.40. The predicted octanol–water partition coefficient (Wildman–Crippen LogP) is 4.04. The number of amides is 1. The molecule has 0 bridgehead atoms. The molecule has 1 aliphatic carbocycles. The van der Waals surface area contributed by atoms with Gasteiger partial charge < -0.3 is 10.0 Å². The topological polar surface area (TPSA) is 40.5 Å². The Labute approximate surface area is 134 Å². The van der Waals surface area contributed by atoms with Gasteiger partial charge in [0.15, 0.2) is 0 Å². The largest absolute Gasteiger partial charge is 0.507 e. The van der Waals surface area contributed by atoms with Crippen LogP contribution in [0.1, 0.15) is 49.9 Å². The van der Waals surface area contributed by atoms with E-state index in [2.05, 4.69) is 36.4 Å². The first kappa shape index (κ1) is 15.6. The minimum Gasteiger partial charge on any atom is -0.507 e. The maximum atomic E-state index is 12.5. The summed E-state index contributed by atoms with van der Waals surface area (Å²) in [5.74, 6) is 0.177. The molecule has 0 saturated heterocycles. The third kappa shape index (κ3) is 3.45. The van der Waals surface area contributed by atoms with Crippen LogP contribution in [0.5, 0.6) is 5.75 Å². The number of benzene rings is 1. The van der Waals surface area contributed by atoms with Crippen LogP contribution >= 0.6 is 22.6 Å². The van der Waals surface area contributed by atoms with Crippen LogP contribution in [0.2, 0.25) is 0 Å². The number of rotatable bonds is 2. The molecule has 0 heterocycles. The lowest BCUT2D eigenvalue weighted by atomic mass is 9.75. The smallest absolute Gasteiger partial charge is 0.253 e. The highest BCUT2D eigenvalue weighted by Crippen LogP contribution is 2.37. The molecule has 1 aromatic carbocycles. The lowest BCUT2D eigenvalue weighted by molar-refractivity contribution is 0.0635. The predicted molar refractivity (Wildman–Crippen MR) is 89.0 cm³/mol. The molecular weight excluding hydrogens is 365 g/mol. The van der Waals surface area contributed by atoms with Crippen LogP contribution in [0.15, 0.2) is 18.2 Å². The Morgan fingerprint density at radius 1 is 1.35 bits per heavy atom. The summed E-state index contributed by atoms with van der Waals surface area (Å²) in [6.07, 6.45) is 4.44. The molecule has 1 aliphatic rings. The van der Waals surface area contributed by atoms with Crippen molar-refractivity contribution in [3.8, 4) is 5.75 Å². The SMILES string of the molecule is CN(C(=O)c1ccc(I)c(O)c1)C1CCC(C)(C)CC1. The molecule has 1 N–H and O–H groups in total. The molecule has 1 amide bonds. The van der Waals surface area contributed by atoms with Gasteiger partial charge in [-0.05, 0) is 71.9 Å². The lowest BCUT2D eigenvalue weighted by Crippen LogP contribution is -2.40. The van der Waals surface area contributed by atoms with Gasteiger partial charge in [-0.1, -0.05) is 13.8 Å². The Morgan fingerprint density at radius 3 is 2.50 bits per heavy atom. The molecule has 1 saturated carbocycles. The van der Waals surface area contributed by atoms with E-state index in [0.29, 0.717) is 17.0 Å². The highest BCUT2D eigenvalue weighted by Gasteiger charge is 2.30. The number of carbonyl (C=O) groups is 1. The Kier molecular flexibility index (Phi) is 4.62. The second-order valence-corrected chi connectivity index (χ2v) is 7.64. The van der Waals surface area contributed by atoms with Crippen molar-refractivity contribution in [1.29, 1.82) is 0 Å². The van der Waals surface area contributed by atoms with E-state index in [1.54, 1.807) is 18.2 Å². The maximum absolute atomic E-state index is 12.5. The van der Waals surface area contributed by atoms with Gasteiger partial charge in [0.2, 0.25) is 0 Å². The van der Waals surface area contributed by atoms with E-state index in [1.807, 2.05) is 11.9 Å². The molecule has 0 aliphatic heterocycles. The Bertz CT molecular complexity index is 503. The molecule has 4 heteroatoms. The van der Waals surface area contributed by atoms with Crippen LogP contribution in [-0.2, 0) is 0 Å². The molecule has 1 aromatic rings. The number of phenols is 1. The van der Waals surface area contributed by atoms with Gasteiger partial charge in [0.05, 0.1) is 3.57 Å². The molecule has 1 fully saturated rings. The monoisotopic (exact) mass is 387 g/mol. The van der Waals surface area contributed by atoms with Gasteiger partial charge >= 0.3 is 0 Å². The van der Waals surface area contributed by atoms with Gasteiger partial charge in [-0.2, -0.15) is 0 Å². The lowest BCUT2D eigenvalue weighted by Gasteiger charge is -2.38. The van der Waals surface area contributed by atoms with E-state index in [9.17, 15) is 9.90 Å². The van der Waals surface area contributed by atoms with Gasteiger partial charge in [-0.15, -0.1) is 0 Å². The van der Waals surface area contributed by atoms with Crippen molar-refractivity contribution < 1.29 is 9.90 Å². The average molecular weight is 387 g/mol. The Morgan fingerprint density at radius 2 is 1.95 bits per heavy atom. The summed E-state index contributed by atoms with van der Waals surface area (Å²) in [5.41, 5.74) is 0.969. The summed E-state index contributed by atoms with van der Waals surface area (Å²) < 4.78 is 0.765. The normalized spacial score (nSPS) is 18.8. The van der Waals surface area contributed by atoms with Gasteiger partial charge in [0.25, 0.3) is 5.91 Å². The summed E-state index contributed by atoms with van der Waals surface area (Å²) in [6.45, 7) is 4.59. The molecule has 20 heavy (non-hydrogen) atoms. The molecule has 0 atom stereocenters. The van der Waals surface area contributed by atoms with Crippen LogP contribution in [0.3, 0.4) is 0 Å². The van der Waals surface area contributed by atoms with Crippen LogP contribution in [0, 0.1) is 8.99 Å². The van der Waals surface area contributed by atoms with E-state index in [1.165, 1.54) is 0 Å². The molecule has 0 spiro atoms. The Balaban J connectivity index is 2.07. The van der Waals surface area contributed by atoms with Crippen molar-refractivity contribution in [1.82, 2.24) is 4.90 Å². The van der Waals surface area contributed by atoms with Gasteiger partial charge in [-0.25, -0.2) is 0 Å². The first-order chi connectivity index (χ1) is 9.30.